The van der Waals surface area contributed by atoms with Gasteiger partial charge in [0.2, 0.25) is 0 Å². The maximum absolute atomic E-state index is 11.9. The molecule has 0 aliphatic carbocycles. The van der Waals surface area contributed by atoms with Gasteiger partial charge in [0, 0.05) is 13.1 Å². The zero-order valence-electron chi connectivity index (χ0n) is 13.4. The van der Waals surface area contributed by atoms with E-state index >= 15 is 0 Å². The van der Waals surface area contributed by atoms with Crippen LogP contribution in [0.25, 0.3) is 0 Å². The highest BCUT2D eigenvalue weighted by molar-refractivity contribution is 5.80. The Morgan fingerprint density at radius 1 is 1.19 bits per heavy atom. The van der Waals surface area contributed by atoms with Crippen molar-refractivity contribution >= 4 is 5.97 Å². The second kappa shape index (κ2) is 6.18. The van der Waals surface area contributed by atoms with Crippen LogP contribution in [0.5, 0.6) is 0 Å². The van der Waals surface area contributed by atoms with Gasteiger partial charge >= 0.3 is 5.97 Å². The van der Waals surface area contributed by atoms with Crippen LogP contribution in [0.15, 0.2) is 30.3 Å². The van der Waals surface area contributed by atoms with E-state index in [4.69, 9.17) is 0 Å². The van der Waals surface area contributed by atoms with Gasteiger partial charge in [-0.1, -0.05) is 57.0 Å². The SMILES string of the molecule is CCCC1(CCC)CN(C(C)(C(=O)O)c2ccccc2)C1. The van der Waals surface area contributed by atoms with Crippen molar-refractivity contribution in [3.8, 4) is 0 Å². The van der Waals surface area contributed by atoms with Crippen LogP contribution < -0.4 is 0 Å². The normalized spacial score (nSPS) is 20.5. The maximum Gasteiger partial charge on any atom is 0.328 e. The number of hydrogen-bond donors (Lipinski definition) is 1. The highest BCUT2D eigenvalue weighted by Gasteiger charge is 2.52. The third kappa shape index (κ3) is 2.84. The molecule has 1 N–H and O–H groups in total. The molecule has 2 rings (SSSR count). The van der Waals surface area contributed by atoms with Gasteiger partial charge in [-0.25, -0.2) is 4.79 Å². The Morgan fingerprint density at radius 2 is 1.71 bits per heavy atom. The topological polar surface area (TPSA) is 40.5 Å². The number of carboxylic acid groups (broad SMARTS) is 1. The van der Waals surface area contributed by atoms with Gasteiger partial charge in [-0.2, -0.15) is 0 Å². The number of rotatable bonds is 7. The van der Waals surface area contributed by atoms with E-state index in [1.807, 2.05) is 37.3 Å². The van der Waals surface area contributed by atoms with E-state index in [-0.39, 0.29) is 0 Å². The molecule has 116 valence electrons. The van der Waals surface area contributed by atoms with Gasteiger partial charge in [-0.05, 0) is 30.7 Å². The van der Waals surface area contributed by atoms with Crippen LogP contribution in [0.1, 0.15) is 52.0 Å². The van der Waals surface area contributed by atoms with E-state index in [0.717, 1.165) is 18.7 Å². The summed E-state index contributed by atoms with van der Waals surface area (Å²) in [6, 6.07) is 9.62. The van der Waals surface area contributed by atoms with Crippen molar-refractivity contribution in [2.75, 3.05) is 13.1 Å². The fourth-order valence-electron chi connectivity index (χ4n) is 3.79. The Morgan fingerprint density at radius 3 is 2.14 bits per heavy atom. The molecule has 1 aromatic rings. The summed E-state index contributed by atoms with van der Waals surface area (Å²) in [7, 11) is 0. The zero-order valence-corrected chi connectivity index (χ0v) is 13.4. The van der Waals surface area contributed by atoms with Gasteiger partial charge in [0.25, 0.3) is 0 Å². The number of nitrogens with zero attached hydrogens (tertiary/aromatic N) is 1. The van der Waals surface area contributed by atoms with E-state index in [1.54, 1.807) is 0 Å². The fraction of sp³-hybridized carbons (Fsp3) is 0.611. The quantitative estimate of drug-likeness (QED) is 0.828. The van der Waals surface area contributed by atoms with Gasteiger partial charge in [0.15, 0.2) is 0 Å². The Balaban J connectivity index is 2.21. The zero-order chi connectivity index (χ0) is 15.5. The Bertz CT molecular complexity index is 471. The minimum Gasteiger partial charge on any atom is -0.480 e. The summed E-state index contributed by atoms with van der Waals surface area (Å²) in [6.45, 7) is 8.06. The monoisotopic (exact) mass is 289 g/mol. The minimum absolute atomic E-state index is 0.328. The molecule has 0 saturated carbocycles. The first-order valence-electron chi connectivity index (χ1n) is 8.02. The van der Waals surface area contributed by atoms with Gasteiger partial charge in [-0.15, -0.1) is 0 Å². The summed E-state index contributed by atoms with van der Waals surface area (Å²) in [4.78, 5) is 14.1. The molecule has 1 unspecified atom stereocenters. The van der Waals surface area contributed by atoms with Gasteiger partial charge < -0.3 is 5.11 Å². The van der Waals surface area contributed by atoms with E-state index < -0.39 is 11.5 Å². The standard InChI is InChI=1S/C18H27NO2/c1-4-11-18(12-5-2)13-19(14-18)17(3,16(20)21)15-9-7-6-8-10-15/h6-10H,4-5,11-14H2,1-3H3,(H,20,21). The van der Waals surface area contributed by atoms with Gasteiger partial charge in [-0.3, -0.25) is 4.90 Å². The van der Waals surface area contributed by atoms with Crippen molar-refractivity contribution in [1.82, 2.24) is 4.90 Å². The van der Waals surface area contributed by atoms with Crippen molar-refractivity contribution in [2.24, 2.45) is 5.41 Å². The summed E-state index contributed by atoms with van der Waals surface area (Å²) in [6.07, 6.45) is 4.73. The van der Waals surface area contributed by atoms with Gasteiger partial charge in [0.1, 0.15) is 5.54 Å². The van der Waals surface area contributed by atoms with Crippen molar-refractivity contribution in [1.29, 1.82) is 0 Å². The molecule has 0 amide bonds. The molecule has 0 radical (unpaired) electrons. The Kier molecular flexibility index (Phi) is 4.72. The van der Waals surface area contributed by atoms with Crippen LogP contribution in [0.4, 0.5) is 0 Å². The number of likely N-dealkylation sites (tertiary alicyclic amines) is 1. The molecule has 1 aliphatic heterocycles. The lowest BCUT2D eigenvalue weighted by Crippen LogP contribution is -2.65. The van der Waals surface area contributed by atoms with Crippen LogP contribution in [-0.2, 0) is 10.3 Å². The van der Waals surface area contributed by atoms with Gasteiger partial charge in [0.05, 0.1) is 0 Å². The molecule has 0 spiro atoms. The van der Waals surface area contributed by atoms with Crippen molar-refractivity contribution in [3.05, 3.63) is 35.9 Å². The molecule has 1 heterocycles. The molecule has 1 atom stereocenters. The van der Waals surface area contributed by atoms with Crippen molar-refractivity contribution in [3.63, 3.8) is 0 Å². The van der Waals surface area contributed by atoms with Crippen molar-refractivity contribution in [2.45, 2.75) is 52.0 Å². The summed E-state index contributed by atoms with van der Waals surface area (Å²) in [5.74, 6) is -0.754. The molecule has 3 nitrogen and oxygen atoms in total. The number of hydrogen-bond acceptors (Lipinski definition) is 2. The molecule has 21 heavy (non-hydrogen) atoms. The average Bonchev–Trinajstić information content (AvgIpc) is 2.44. The number of benzene rings is 1. The van der Waals surface area contributed by atoms with Crippen LogP contribution >= 0.6 is 0 Å². The third-order valence-electron chi connectivity index (χ3n) is 5.00. The average molecular weight is 289 g/mol. The maximum atomic E-state index is 11.9. The highest BCUT2D eigenvalue weighted by Crippen LogP contribution is 2.45. The summed E-state index contributed by atoms with van der Waals surface area (Å²) in [5.41, 5.74) is 0.292. The predicted octanol–water partition coefficient (Wildman–Crippen LogP) is 3.89. The number of carbonyl (C=O) groups is 1. The first kappa shape index (κ1) is 16.0. The minimum atomic E-state index is -0.910. The number of carboxylic acids is 1. The smallest absolute Gasteiger partial charge is 0.328 e. The van der Waals surface area contributed by atoms with Crippen LogP contribution in [-0.4, -0.2) is 29.1 Å². The van der Waals surface area contributed by atoms with Crippen LogP contribution in [0.3, 0.4) is 0 Å². The molecule has 1 aromatic carbocycles. The summed E-state index contributed by atoms with van der Waals surface area (Å²) < 4.78 is 0. The van der Waals surface area contributed by atoms with E-state index in [2.05, 4.69) is 18.7 Å². The molecule has 3 heteroatoms. The lowest BCUT2D eigenvalue weighted by atomic mass is 9.69. The second-order valence-corrected chi connectivity index (χ2v) is 6.60. The first-order valence-corrected chi connectivity index (χ1v) is 8.02. The van der Waals surface area contributed by atoms with Crippen LogP contribution in [0.2, 0.25) is 0 Å². The molecule has 1 fully saturated rings. The summed E-state index contributed by atoms with van der Waals surface area (Å²) in [5, 5.41) is 9.81. The first-order chi connectivity index (χ1) is 9.98. The summed E-state index contributed by atoms with van der Waals surface area (Å²) >= 11 is 0. The Hall–Kier alpha value is -1.35. The Labute approximate surface area is 128 Å². The van der Waals surface area contributed by atoms with E-state index in [0.29, 0.717) is 5.41 Å². The molecular formula is C18H27NO2. The second-order valence-electron chi connectivity index (χ2n) is 6.60. The van der Waals surface area contributed by atoms with E-state index in [1.165, 1.54) is 25.7 Å². The lowest BCUT2D eigenvalue weighted by Gasteiger charge is -2.56. The van der Waals surface area contributed by atoms with E-state index in [9.17, 15) is 9.90 Å². The van der Waals surface area contributed by atoms with Crippen LogP contribution in [0, 0.1) is 5.41 Å². The largest absolute Gasteiger partial charge is 0.480 e. The molecular weight excluding hydrogens is 262 g/mol. The third-order valence-corrected chi connectivity index (χ3v) is 5.00. The van der Waals surface area contributed by atoms with Crippen molar-refractivity contribution < 1.29 is 9.90 Å². The molecule has 1 aliphatic rings. The lowest BCUT2D eigenvalue weighted by molar-refractivity contribution is -0.164. The predicted molar refractivity (Wildman–Crippen MR) is 85.3 cm³/mol. The number of aliphatic carboxylic acids is 1. The molecule has 0 aromatic heterocycles. The molecule has 1 saturated heterocycles. The highest BCUT2D eigenvalue weighted by atomic mass is 16.4. The fourth-order valence-corrected chi connectivity index (χ4v) is 3.79. The molecule has 0 bridgehead atoms.